The van der Waals surface area contributed by atoms with Gasteiger partial charge in [0.05, 0.1) is 9.85 Å². The smallest absolute Gasteiger partial charge is 0.269 e. The molecule has 2 atom stereocenters. The maximum atomic E-state index is 10.7. The van der Waals surface area contributed by atoms with Gasteiger partial charge in [0.1, 0.15) is 0 Å². The zero-order valence-electron chi connectivity index (χ0n) is 16.0. The molecule has 1 aliphatic carbocycles. The highest BCUT2D eigenvalue weighted by Gasteiger charge is 2.24. The Morgan fingerprint density at radius 1 is 0.724 bits per heavy atom. The van der Waals surface area contributed by atoms with E-state index in [-0.39, 0.29) is 23.8 Å². The molecule has 2 unspecified atom stereocenters. The zero-order valence-corrected chi connectivity index (χ0v) is 16.8. The second-order valence-electron chi connectivity index (χ2n) is 7.11. The average Bonchev–Trinajstić information content (AvgIpc) is 2.72. The number of nitrogens with zero attached hydrogens (tertiary/aromatic N) is 2. The second kappa shape index (κ2) is 10.8. The van der Waals surface area contributed by atoms with E-state index < -0.39 is 9.85 Å². The number of rotatable bonds is 8. The molecule has 3 rings (SSSR count). The molecule has 29 heavy (non-hydrogen) atoms. The molecule has 0 aromatic heterocycles. The lowest BCUT2D eigenvalue weighted by Crippen LogP contribution is -2.49. The molecule has 0 bridgehead atoms. The lowest BCUT2D eigenvalue weighted by atomic mass is 9.90. The van der Waals surface area contributed by atoms with Gasteiger partial charge in [-0.3, -0.25) is 20.2 Å². The Morgan fingerprint density at radius 2 is 1.07 bits per heavy atom. The summed E-state index contributed by atoms with van der Waals surface area (Å²) in [6.07, 6.45) is 4.50. The van der Waals surface area contributed by atoms with E-state index in [1.807, 2.05) is 0 Å². The van der Waals surface area contributed by atoms with Crippen LogP contribution in [-0.4, -0.2) is 21.9 Å². The minimum absolute atomic E-state index is 0. The summed E-state index contributed by atoms with van der Waals surface area (Å²) in [5.41, 5.74) is 2.24. The zero-order chi connectivity index (χ0) is 19.9. The van der Waals surface area contributed by atoms with Gasteiger partial charge >= 0.3 is 0 Å². The van der Waals surface area contributed by atoms with Crippen molar-refractivity contribution in [2.24, 2.45) is 0 Å². The van der Waals surface area contributed by atoms with E-state index in [1.54, 1.807) is 24.3 Å². The summed E-state index contributed by atoms with van der Waals surface area (Å²) in [5.74, 6) is 0. The SMILES string of the molecule is Cl.O=[N+]([O-])c1ccc(CNC2CCCCC2NCc2ccc([N+](=O)[O-])cc2)cc1. The fraction of sp³-hybridized carbons (Fsp3) is 0.400. The molecule has 1 saturated carbocycles. The van der Waals surface area contributed by atoms with E-state index in [9.17, 15) is 20.2 Å². The number of non-ortho nitro benzene ring substituents is 2. The Kier molecular flexibility index (Phi) is 8.50. The molecule has 0 heterocycles. The van der Waals surface area contributed by atoms with Crippen molar-refractivity contribution in [1.82, 2.24) is 10.6 Å². The van der Waals surface area contributed by atoms with Crippen molar-refractivity contribution in [3.8, 4) is 0 Å². The lowest BCUT2D eigenvalue weighted by Gasteiger charge is -2.33. The summed E-state index contributed by atoms with van der Waals surface area (Å²) in [7, 11) is 0. The first-order valence-electron chi connectivity index (χ1n) is 9.46. The first-order valence-corrected chi connectivity index (χ1v) is 9.46. The number of hydrogen-bond acceptors (Lipinski definition) is 6. The van der Waals surface area contributed by atoms with E-state index in [0.29, 0.717) is 25.2 Å². The van der Waals surface area contributed by atoms with E-state index in [1.165, 1.54) is 37.1 Å². The van der Waals surface area contributed by atoms with E-state index in [0.717, 1.165) is 24.0 Å². The van der Waals surface area contributed by atoms with Crippen molar-refractivity contribution < 1.29 is 9.85 Å². The van der Waals surface area contributed by atoms with Crippen molar-refractivity contribution >= 4 is 23.8 Å². The highest BCUT2D eigenvalue weighted by atomic mass is 35.5. The van der Waals surface area contributed by atoms with Crippen LogP contribution in [0, 0.1) is 20.2 Å². The van der Waals surface area contributed by atoms with Crippen LogP contribution in [0.3, 0.4) is 0 Å². The van der Waals surface area contributed by atoms with Crippen molar-refractivity contribution in [3.05, 3.63) is 79.9 Å². The van der Waals surface area contributed by atoms with Gasteiger partial charge in [-0.05, 0) is 24.0 Å². The summed E-state index contributed by atoms with van der Waals surface area (Å²) in [4.78, 5) is 20.7. The predicted molar refractivity (Wildman–Crippen MR) is 113 cm³/mol. The minimum atomic E-state index is -0.392. The average molecular weight is 421 g/mol. The van der Waals surface area contributed by atoms with Crippen molar-refractivity contribution in [3.63, 3.8) is 0 Å². The highest BCUT2D eigenvalue weighted by molar-refractivity contribution is 5.85. The molecule has 2 aromatic carbocycles. The van der Waals surface area contributed by atoms with E-state index >= 15 is 0 Å². The quantitative estimate of drug-likeness (QED) is 0.491. The van der Waals surface area contributed by atoms with Crippen molar-refractivity contribution in [1.29, 1.82) is 0 Å². The second-order valence-corrected chi connectivity index (χ2v) is 7.11. The van der Waals surface area contributed by atoms with E-state index in [2.05, 4.69) is 10.6 Å². The monoisotopic (exact) mass is 420 g/mol. The van der Waals surface area contributed by atoms with Gasteiger partial charge in [-0.1, -0.05) is 37.1 Å². The van der Waals surface area contributed by atoms with Crippen LogP contribution in [0.15, 0.2) is 48.5 Å². The van der Waals surface area contributed by atoms with Gasteiger partial charge in [0.2, 0.25) is 0 Å². The van der Waals surface area contributed by atoms with Crippen LogP contribution in [0.25, 0.3) is 0 Å². The van der Waals surface area contributed by atoms with Gasteiger partial charge < -0.3 is 10.6 Å². The molecule has 9 heteroatoms. The third-order valence-electron chi connectivity index (χ3n) is 5.20. The molecule has 1 fully saturated rings. The third kappa shape index (κ3) is 6.49. The molecule has 8 nitrogen and oxygen atoms in total. The Bertz CT molecular complexity index is 745. The molecule has 0 radical (unpaired) electrons. The molecule has 2 aromatic rings. The molecule has 0 aliphatic heterocycles. The van der Waals surface area contributed by atoms with Crippen LogP contribution in [0.2, 0.25) is 0 Å². The maximum absolute atomic E-state index is 10.7. The summed E-state index contributed by atoms with van der Waals surface area (Å²) in [6.45, 7) is 1.33. The number of nitro groups is 2. The summed E-state index contributed by atoms with van der Waals surface area (Å²) in [5, 5.41) is 28.6. The Morgan fingerprint density at radius 3 is 1.38 bits per heavy atom. The summed E-state index contributed by atoms with van der Waals surface area (Å²) >= 11 is 0. The summed E-state index contributed by atoms with van der Waals surface area (Å²) < 4.78 is 0. The number of benzene rings is 2. The first-order chi connectivity index (χ1) is 13.5. The molecule has 156 valence electrons. The predicted octanol–water partition coefficient (Wildman–Crippen LogP) is 4.12. The Balaban J connectivity index is 0.00000300. The van der Waals surface area contributed by atoms with Crippen molar-refractivity contribution in [2.45, 2.75) is 50.9 Å². The van der Waals surface area contributed by atoms with E-state index in [4.69, 9.17) is 0 Å². The van der Waals surface area contributed by atoms with Gasteiger partial charge in [-0.2, -0.15) is 0 Å². The van der Waals surface area contributed by atoms with Crippen LogP contribution in [0.4, 0.5) is 11.4 Å². The maximum Gasteiger partial charge on any atom is 0.269 e. The highest BCUT2D eigenvalue weighted by Crippen LogP contribution is 2.20. The molecule has 2 N–H and O–H groups in total. The summed E-state index contributed by atoms with van der Waals surface area (Å²) in [6, 6.07) is 13.9. The van der Waals surface area contributed by atoms with Gasteiger partial charge in [-0.15, -0.1) is 12.4 Å². The van der Waals surface area contributed by atoms with Crippen molar-refractivity contribution in [2.75, 3.05) is 0 Å². The van der Waals surface area contributed by atoms with Crippen LogP contribution >= 0.6 is 12.4 Å². The molecular weight excluding hydrogens is 396 g/mol. The molecule has 1 aliphatic rings. The topological polar surface area (TPSA) is 110 Å². The van der Waals surface area contributed by atoms with Gasteiger partial charge in [-0.25, -0.2) is 0 Å². The van der Waals surface area contributed by atoms with Crippen LogP contribution < -0.4 is 10.6 Å². The van der Waals surface area contributed by atoms with Gasteiger partial charge in [0.25, 0.3) is 11.4 Å². The van der Waals surface area contributed by atoms with Crippen LogP contribution in [0.1, 0.15) is 36.8 Å². The minimum Gasteiger partial charge on any atom is -0.308 e. The molecular formula is C20H25ClN4O4. The Labute approximate surface area is 175 Å². The van der Waals surface area contributed by atoms with Gasteiger partial charge in [0, 0.05) is 49.4 Å². The normalized spacial score (nSPS) is 18.6. The Hall–Kier alpha value is -2.55. The van der Waals surface area contributed by atoms with Gasteiger partial charge in [0.15, 0.2) is 0 Å². The lowest BCUT2D eigenvalue weighted by molar-refractivity contribution is -0.385. The standard InChI is InChI=1S/C20H24N4O4.ClH/c25-23(26)17-9-5-15(6-10-17)13-21-19-3-1-2-4-20(19)22-14-16-7-11-18(12-8-16)24(27)28;/h5-12,19-22H,1-4,13-14H2;1H. The fourth-order valence-electron chi connectivity index (χ4n) is 3.59. The fourth-order valence-corrected chi connectivity index (χ4v) is 3.59. The number of hydrogen-bond donors (Lipinski definition) is 2. The number of halogens is 1. The largest absolute Gasteiger partial charge is 0.308 e. The molecule has 0 spiro atoms. The number of nitrogens with one attached hydrogen (secondary N) is 2. The van der Waals surface area contributed by atoms with Crippen LogP contribution in [-0.2, 0) is 13.1 Å². The first kappa shape index (κ1) is 22.7. The number of nitro benzene ring substituents is 2. The van der Waals surface area contributed by atoms with Crippen LogP contribution in [0.5, 0.6) is 0 Å². The third-order valence-corrected chi connectivity index (χ3v) is 5.20. The molecule has 0 amide bonds. The molecule has 0 saturated heterocycles.